The fourth-order valence-corrected chi connectivity index (χ4v) is 0.871. The highest BCUT2D eigenvalue weighted by atomic mass is 79.9. The van der Waals surface area contributed by atoms with Gasteiger partial charge in [0.05, 0.1) is 0 Å². The van der Waals surface area contributed by atoms with Crippen molar-refractivity contribution in [2.45, 2.75) is 6.92 Å². The molecule has 0 aliphatic rings. The Morgan fingerprint density at radius 1 is 1.36 bits per heavy atom. The van der Waals surface area contributed by atoms with Crippen molar-refractivity contribution in [1.29, 1.82) is 0 Å². The zero-order valence-corrected chi connectivity index (χ0v) is 8.85. The standard InChI is InChI=1S/C6H4BrNO2.C2H4O2/c7-5-3-1-2-4(8-5)6(9)10;1-2(3)4/h1-3H,(H,9,10);1H3,(H,3,4). The molecule has 0 bridgehead atoms. The third-order valence-corrected chi connectivity index (χ3v) is 1.38. The molecule has 0 atom stereocenters. The van der Waals surface area contributed by atoms with Gasteiger partial charge >= 0.3 is 5.97 Å². The Hall–Kier alpha value is -1.43. The van der Waals surface area contributed by atoms with E-state index in [9.17, 15) is 4.79 Å². The van der Waals surface area contributed by atoms with Crippen molar-refractivity contribution in [1.82, 2.24) is 4.98 Å². The first-order chi connectivity index (χ1) is 6.43. The molecule has 0 amide bonds. The van der Waals surface area contributed by atoms with Crippen molar-refractivity contribution in [3.63, 3.8) is 0 Å². The summed E-state index contributed by atoms with van der Waals surface area (Å²) < 4.78 is 0.535. The number of aromatic nitrogens is 1. The quantitative estimate of drug-likeness (QED) is 0.751. The second-order valence-corrected chi connectivity index (χ2v) is 2.98. The Kier molecular flexibility index (Phi) is 5.47. The highest BCUT2D eigenvalue weighted by molar-refractivity contribution is 9.10. The Balaban J connectivity index is 0.000000364. The van der Waals surface area contributed by atoms with Gasteiger partial charge in [-0.15, -0.1) is 0 Å². The Bertz CT molecular complexity index is 336. The van der Waals surface area contributed by atoms with Gasteiger partial charge in [-0.25, -0.2) is 9.78 Å². The molecule has 0 aliphatic heterocycles. The van der Waals surface area contributed by atoms with Crippen molar-refractivity contribution in [3.8, 4) is 0 Å². The Morgan fingerprint density at radius 2 is 1.86 bits per heavy atom. The molecular weight excluding hydrogens is 254 g/mol. The number of carboxylic acid groups (broad SMARTS) is 2. The van der Waals surface area contributed by atoms with E-state index in [1.165, 1.54) is 6.07 Å². The lowest BCUT2D eigenvalue weighted by Gasteiger charge is -1.91. The zero-order valence-electron chi connectivity index (χ0n) is 7.27. The zero-order chi connectivity index (χ0) is 11.1. The lowest BCUT2D eigenvalue weighted by molar-refractivity contribution is -0.134. The summed E-state index contributed by atoms with van der Waals surface area (Å²) in [5, 5.41) is 15.8. The van der Waals surface area contributed by atoms with Crippen LogP contribution in [-0.4, -0.2) is 27.1 Å². The van der Waals surface area contributed by atoms with Crippen LogP contribution < -0.4 is 0 Å². The fourth-order valence-electron chi connectivity index (χ4n) is 0.527. The molecule has 0 aliphatic carbocycles. The van der Waals surface area contributed by atoms with E-state index in [0.29, 0.717) is 4.60 Å². The first kappa shape index (κ1) is 12.6. The first-order valence-corrected chi connectivity index (χ1v) is 4.28. The monoisotopic (exact) mass is 261 g/mol. The van der Waals surface area contributed by atoms with Crippen LogP contribution in [-0.2, 0) is 4.79 Å². The number of aliphatic carboxylic acids is 1. The van der Waals surface area contributed by atoms with Gasteiger partial charge in [-0.3, -0.25) is 4.79 Å². The third-order valence-electron chi connectivity index (χ3n) is 0.934. The van der Waals surface area contributed by atoms with Crippen molar-refractivity contribution in [2.75, 3.05) is 0 Å². The number of pyridine rings is 1. The summed E-state index contributed by atoms with van der Waals surface area (Å²) >= 11 is 3.06. The second-order valence-electron chi connectivity index (χ2n) is 2.17. The molecule has 0 saturated heterocycles. The average Bonchev–Trinajstić information content (AvgIpc) is 2.03. The van der Waals surface area contributed by atoms with E-state index in [4.69, 9.17) is 15.0 Å². The Morgan fingerprint density at radius 3 is 2.14 bits per heavy atom. The molecule has 0 saturated carbocycles. The van der Waals surface area contributed by atoms with Gasteiger partial charge in [0.1, 0.15) is 10.3 Å². The summed E-state index contributed by atoms with van der Waals surface area (Å²) in [6.45, 7) is 1.08. The molecule has 5 nitrogen and oxygen atoms in total. The number of nitrogens with zero attached hydrogens (tertiary/aromatic N) is 1. The largest absolute Gasteiger partial charge is 0.481 e. The number of halogens is 1. The van der Waals surface area contributed by atoms with Crippen LogP contribution in [0.15, 0.2) is 22.8 Å². The summed E-state index contributed by atoms with van der Waals surface area (Å²) in [5.74, 6) is -1.85. The topological polar surface area (TPSA) is 87.5 Å². The van der Waals surface area contributed by atoms with Gasteiger partial charge < -0.3 is 10.2 Å². The van der Waals surface area contributed by atoms with Gasteiger partial charge in [0, 0.05) is 6.92 Å². The maximum absolute atomic E-state index is 10.3. The van der Waals surface area contributed by atoms with Gasteiger partial charge in [0.2, 0.25) is 0 Å². The van der Waals surface area contributed by atoms with E-state index in [2.05, 4.69) is 20.9 Å². The van der Waals surface area contributed by atoms with Crippen LogP contribution in [0.25, 0.3) is 0 Å². The first-order valence-electron chi connectivity index (χ1n) is 3.49. The van der Waals surface area contributed by atoms with E-state index < -0.39 is 11.9 Å². The molecule has 0 radical (unpaired) electrons. The number of hydrogen-bond donors (Lipinski definition) is 2. The summed E-state index contributed by atoms with van der Waals surface area (Å²) in [6, 6.07) is 4.74. The number of carboxylic acids is 2. The minimum atomic E-state index is -1.01. The second kappa shape index (κ2) is 6.09. The summed E-state index contributed by atoms with van der Waals surface area (Å²) in [6.07, 6.45) is 0. The van der Waals surface area contributed by atoms with Gasteiger partial charge in [0.25, 0.3) is 5.97 Å². The van der Waals surface area contributed by atoms with Crippen molar-refractivity contribution in [2.24, 2.45) is 0 Å². The normalized spacial score (nSPS) is 8.43. The predicted molar refractivity (Wildman–Crippen MR) is 52.2 cm³/mol. The molecule has 1 rings (SSSR count). The molecule has 0 fully saturated rings. The maximum Gasteiger partial charge on any atom is 0.354 e. The van der Waals surface area contributed by atoms with Crippen LogP contribution in [0.4, 0.5) is 0 Å². The third kappa shape index (κ3) is 6.13. The van der Waals surface area contributed by atoms with Crippen molar-refractivity contribution < 1.29 is 19.8 Å². The van der Waals surface area contributed by atoms with Gasteiger partial charge in [-0.2, -0.15) is 0 Å². The maximum atomic E-state index is 10.3. The molecule has 2 N–H and O–H groups in total. The SMILES string of the molecule is CC(=O)O.O=C(O)c1cccc(Br)n1. The number of aromatic carboxylic acids is 1. The van der Waals surface area contributed by atoms with Crippen LogP contribution in [0.3, 0.4) is 0 Å². The molecule has 1 aromatic rings. The molecule has 0 spiro atoms. The smallest absolute Gasteiger partial charge is 0.354 e. The lowest BCUT2D eigenvalue weighted by atomic mass is 10.4. The van der Waals surface area contributed by atoms with E-state index >= 15 is 0 Å². The van der Waals surface area contributed by atoms with Gasteiger partial charge in [-0.1, -0.05) is 6.07 Å². The molecule has 1 heterocycles. The number of hydrogen-bond acceptors (Lipinski definition) is 3. The number of carbonyl (C=O) groups is 2. The minimum Gasteiger partial charge on any atom is -0.481 e. The van der Waals surface area contributed by atoms with Gasteiger partial charge in [-0.05, 0) is 28.1 Å². The van der Waals surface area contributed by atoms with Crippen LogP contribution in [0.1, 0.15) is 17.4 Å². The lowest BCUT2D eigenvalue weighted by Crippen LogP contribution is -1.98. The van der Waals surface area contributed by atoms with Crippen LogP contribution in [0.5, 0.6) is 0 Å². The van der Waals surface area contributed by atoms with E-state index in [1.54, 1.807) is 12.1 Å². The summed E-state index contributed by atoms with van der Waals surface area (Å²) in [5.41, 5.74) is 0.0503. The van der Waals surface area contributed by atoms with Crippen molar-refractivity contribution in [3.05, 3.63) is 28.5 Å². The predicted octanol–water partition coefficient (Wildman–Crippen LogP) is 1.63. The fraction of sp³-hybridized carbons (Fsp3) is 0.125. The van der Waals surface area contributed by atoms with Crippen molar-refractivity contribution >= 4 is 27.9 Å². The van der Waals surface area contributed by atoms with Crippen LogP contribution in [0.2, 0.25) is 0 Å². The molecule has 0 aromatic carbocycles. The van der Waals surface area contributed by atoms with Crippen LogP contribution >= 0.6 is 15.9 Å². The van der Waals surface area contributed by atoms with E-state index in [1.807, 2.05) is 0 Å². The molecule has 1 aromatic heterocycles. The highest BCUT2D eigenvalue weighted by Crippen LogP contribution is 2.05. The number of rotatable bonds is 1. The molecule has 0 unspecified atom stereocenters. The molecule has 76 valence electrons. The average molecular weight is 262 g/mol. The van der Waals surface area contributed by atoms with Crippen LogP contribution in [0, 0.1) is 0 Å². The van der Waals surface area contributed by atoms with E-state index in [-0.39, 0.29) is 5.69 Å². The highest BCUT2D eigenvalue weighted by Gasteiger charge is 2.02. The molecule has 6 heteroatoms. The minimum absolute atomic E-state index is 0.0503. The molecule has 14 heavy (non-hydrogen) atoms. The van der Waals surface area contributed by atoms with E-state index in [0.717, 1.165) is 6.92 Å². The molecular formula is C8H8BrNO4. The summed E-state index contributed by atoms with van der Waals surface area (Å²) in [4.78, 5) is 23.0. The van der Waals surface area contributed by atoms with Gasteiger partial charge in [0.15, 0.2) is 0 Å². The summed E-state index contributed by atoms with van der Waals surface area (Å²) in [7, 11) is 0. The Labute approximate surface area is 88.5 Å².